The van der Waals surface area contributed by atoms with Gasteiger partial charge in [-0.2, -0.15) is 0 Å². The molecule has 3 rings (SSSR count). The van der Waals surface area contributed by atoms with E-state index in [0.717, 1.165) is 16.6 Å². The molecule has 3 N–H and O–H groups in total. The third kappa shape index (κ3) is 1.71. The van der Waals surface area contributed by atoms with Gasteiger partial charge in [0.25, 0.3) is 5.91 Å². The number of furan rings is 1. The van der Waals surface area contributed by atoms with E-state index in [0.29, 0.717) is 12.4 Å². The van der Waals surface area contributed by atoms with Crippen LogP contribution in [0.5, 0.6) is 0 Å². The Labute approximate surface area is 103 Å². The highest BCUT2D eigenvalue weighted by Gasteiger charge is 2.27. The van der Waals surface area contributed by atoms with Crippen molar-refractivity contribution in [1.82, 2.24) is 0 Å². The van der Waals surface area contributed by atoms with Crippen LogP contribution in [0, 0.1) is 0 Å². The molecule has 6 heteroatoms. The third-order valence-electron chi connectivity index (χ3n) is 2.94. The normalized spacial score (nSPS) is 13.7. The maximum atomic E-state index is 11.0. The van der Waals surface area contributed by atoms with Crippen LogP contribution >= 0.6 is 0 Å². The van der Waals surface area contributed by atoms with Crippen LogP contribution in [0.1, 0.15) is 16.1 Å². The summed E-state index contributed by atoms with van der Waals surface area (Å²) >= 11 is 0. The molecule has 1 aliphatic heterocycles. The van der Waals surface area contributed by atoms with E-state index in [9.17, 15) is 9.82 Å². The minimum Gasteiger partial charge on any atom is -0.451 e. The second-order valence-electron chi connectivity index (χ2n) is 4.11. The van der Waals surface area contributed by atoms with Crippen molar-refractivity contribution in [3.63, 3.8) is 0 Å². The first-order valence-electron chi connectivity index (χ1n) is 5.47. The number of hydrogen-bond acceptors (Lipinski definition) is 4. The summed E-state index contributed by atoms with van der Waals surface area (Å²) in [7, 11) is -0.898. The van der Waals surface area contributed by atoms with Gasteiger partial charge in [0, 0.05) is 5.56 Å². The van der Waals surface area contributed by atoms with Gasteiger partial charge in [-0.3, -0.25) is 4.79 Å². The summed E-state index contributed by atoms with van der Waals surface area (Å²) in [6, 6.07) is 8.70. The summed E-state index contributed by atoms with van der Waals surface area (Å²) in [5.74, 6) is 0.0405. The number of carbonyl (C=O) groups excluding carboxylic acids is 1. The number of hydrogen-bond donors (Lipinski definition) is 2. The molecule has 2 aromatic rings. The zero-order chi connectivity index (χ0) is 12.7. The van der Waals surface area contributed by atoms with Gasteiger partial charge >= 0.3 is 7.12 Å². The highest BCUT2D eigenvalue weighted by molar-refractivity contribution is 6.61. The summed E-state index contributed by atoms with van der Waals surface area (Å²) in [6.45, 7) is 0.404. The molecule has 0 atom stereocenters. The number of amides is 1. The molecular formula is C12H10BNO4. The molecule has 0 saturated carbocycles. The highest BCUT2D eigenvalue weighted by Crippen LogP contribution is 2.23. The lowest BCUT2D eigenvalue weighted by Gasteiger charge is -2.01. The van der Waals surface area contributed by atoms with Crippen molar-refractivity contribution in [3.8, 4) is 11.3 Å². The summed E-state index contributed by atoms with van der Waals surface area (Å²) in [5, 5.41) is 9.62. The fraction of sp³-hybridized carbons (Fsp3) is 0.0833. The van der Waals surface area contributed by atoms with Crippen LogP contribution in [0.4, 0.5) is 0 Å². The van der Waals surface area contributed by atoms with E-state index in [4.69, 9.17) is 14.8 Å². The van der Waals surface area contributed by atoms with Gasteiger partial charge in [-0.25, -0.2) is 0 Å². The van der Waals surface area contributed by atoms with E-state index in [1.807, 2.05) is 12.1 Å². The molecule has 0 bridgehead atoms. The van der Waals surface area contributed by atoms with E-state index < -0.39 is 13.0 Å². The number of primary amides is 1. The van der Waals surface area contributed by atoms with Crippen molar-refractivity contribution in [1.29, 1.82) is 0 Å². The van der Waals surface area contributed by atoms with Crippen LogP contribution in [0.3, 0.4) is 0 Å². The van der Waals surface area contributed by atoms with Gasteiger partial charge in [0.05, 0.1) is 6.61 Å². The Morgan fingerprint density at radius 2 is 2.17 bits per heavy atom. The predicted octanol–water partition coefficient (Wildman–Crippen LogP) is 0.263. The lowest BCUT2D eigenvalue weighted by atomic mass is 9.78. The lowest BCUT2D eigenvalue weighted by Crippen LogP contribution is -2.27. The van der Waals surface area contributed by atoms with Crippen LogP contribution in [-0.4, -0.2) is 18.0 Å². The van der Waals surface area contributed by atoms with Crippen molar-refractivity contribution in [2.24, 2.45) is 5.73 Å². The molecular weight excluding hydrogens is 233 g/mol. The molecule has 0 radical (unpaired) electrons. The Hall–Kier alpha value is -2.05. The molecule has 0 saturated heterocycles. The fourth-order valence-electron chi connectivity index (χ4n) is 1.99. The van der Waals surface area contributed by atoms with Gasteiger partial charge in [0.1, 0.15) is 5.76 Å². The van der Waals surface area contributed by atoms with E-state index in [1.54, 1.807) is 12.1 Å². The summed E-state index contributed by atoms with van der Waals surface area (Å²) < 4.78 is 10.4. The Kier molecular flexibility index (Phi) is 2.46. The molecule has 18 heavy (non-hydrogen) atoms. The van der Waals surface area contributed by atoms with Gasteiger partial charge in [0.2, 0.25) is 0 Å². The van der Waals surface area contributed by atoms with Gasteiger partial charge < -0.3 is 19.8 Å². The van der Waals surface area contributed by atoms with Crippen LogP contribution in [0.2, 0.25) is 0 Å². The van der Waals surface area contributed by atoms with Crippen LogP contribution in [0.25, 0.3) is 11.3 Å². The molecule has 0 unspecified atom stereocenters. The van der Waals surface area contributed by atoms with Crippen LogP contribution in [0.15, 0.2) is 34.7 Å². The third-order valence-corrected chi connectivity index (χ3v) is 2.94. The standard InChI is InChI=1S/C12H10BNO4/c14-12(15)11-4-3-10(18-11)7-1-2-8-6-17-13(16)9(8)5-7/h1-5,16H,6H2,(H2,14,15). The number of fused-ring (bicyclic) bond motifs is 1. The Bertz CT molecular complexity index is 622. The Balaban J connectivity index is 2.01. The maximum Gasteiger partial charge on any atom is 0.491 e. The highest BCUT2D eigenvalue weighted by atomic mass is 16.5. The molecule has 5 nitrogen and oxygen atoms in total. The molecule has 0 spiro atoms. The first kappa shape index (κ1) is 11.1. The minimum atomic E-state index is -0.898. The minimum absolute atomic E-state index is 0.113. The number of rotatable bonds is 2. The number of nitrogens with two attached hydrogens (primary N) is 1. The molecule has 1 aromatic carbocycles. The average Bonchev–Trinajstić information content (AvgIpc) is 2.96. The Morgan fingerprint density at radius 3 is 2.89 bits per heavy atom. The average molecular weight is 243 g/mol. The second-order valence-corrected chi connectivity index (χ2v) is 4.11. The molecule has 1 amide bonds. The SMILES string of the molecule is NC(=O)c1ccc(-c2ccc3c(c2)B(O)OC3)o1. The van der Waals surface area contributed by atoms with Crippen LogP contribution < -0.4 is 11.2 Å². The molecule has 90 valence electrons. The first-order valence-corrected chi connectivity index (χ1v) is 5.47. The van der Waals surface area contributed by atoms with Crippen LogP contribution in [-0.2, 0) is 11.3 Å². The van der Waals surface area contributed by atoms with Crippen molar-refractivity contribution in [2.45, 2.75) is 6.61 Å². The molecule has 0 aliphatic carbocycles. The summed E-state index contributed by atoms with van der Waals surface area (Å²) in [5.41, 5.74) is 7.57. The van der Waals surface area contributed by atoms with E-state index in [-0.39, 0.29) is 5.76 Å². The van der Waals surface area contributed by atoms with Gasteiger partial charge in [-0.1, -0.05) is 18.2 Å². The first-order chi connectivity index (χ1) is 8.65. The quantitative estimate of drug-likeness (QED) is 0.741. The predicted molar refractivity (Wildman–Crippen MR) is 65.1 cm³/mol. The largest absolute Gasteiger partial charge is 0.491 e. The molecule has 1 aromatic heterocycles. The van der Waals surface area contributed by atoms with Crippen molar-refractivity contribution in [2.75, 3.05) is 0 Å². The summed E-state index contributed by atoms with van der Waals surface area (Å²) in [4.78, 5) is 11.0. The van der Waals surface area contributed by atoms with Gasteiger partial charge in [-0.05, 0) is 23.2 Å². The molecule has 1 aliphatic rings. The zero-order valence-electron chi connectivity index (χ0n) is 9.42. The molecule has 2 heterocycles. The summed E-state index contributed by atoms with van der Waals surface area (Å²) in [6.07, 6.45) is 0. The molecule has 0 fully saturated rings. The fourth-order valence-corrected chi connectivity index (χ4v) is 1.99. The zero-order valence-corrected chi connectivity index (χ0v) is 9.42. The van der Waals surface area contributed by atoms with E-state index in [2.05, 4.69) is 0 Å². The monoisotopic (exact) mass is 243 g/mol. The Morgan fingerprint density at radius 1 is 1.33 bits per heavy atom. The van der Waals surface area contributed by atoms with Crippen molar-refractivity contribution < 1.29 is 18.9 Å². The second kappa shape index (κ2) is 4.01. The number of carbonyl (C=O) groups is 1. The van der Waals surface area contributed by atoms with Gasteiger partial charge in [-0.15, -0.1) is 0 Å². The van der Waals surface area contributed by atoms with E-state index in [1.165, 1.54) is 6.07 Å². The topological polar surface area (TPSA) is 85.7 Å². The lowest BCUT2D eigenvalue weighted by molar-refractivity contribution is 0.0974. The van der Waals surface area contributed by atoms with Crippen molar-refractivity contribution in [3.05, 3.63) is 41.7 Å². The van der Waals surface area contributed by atoms with Crippen molar-refractivity contribution >= 4 is 18.5 Å². The van der Waals surface area contributed by atoms with E-state index >= 15 is 0 Å². The number of benzene rings is 1. The van der Waals surface area contributed by atoms with Gasteiger partial charge in [0.15, 0.2) is 5.76 Å². The maximum absolute atomic E-state index is 11.0. The smallest absolute Gasteiger partial charge is 0.451 e.